The van der Waals surface area contributed by atoms with Gasteiger partial charge in [-0.1, -0.05) is 28.9 Å². The lowest BCUT2D eigenvalue weighted by molar-refractivity contribution is 0.0969. The molecule has 0 aliphatic carbocycles. The predicted molar refractivity (Wildman–Crippen MR) is 125 cm³/mol. The van der Waals surface area contributed by atoms with Crippen molar-refractivity contribution in [3.05, 3.63) is 86.4 Å². The van der Waals surface area contributed by atoms with E-state index in [1.165, 1.54) is 43.3 Å². The Labute approximate surface area is 199 Å². The van der Waals surface area contributed by atoms with Crippen molar-refractivity contribution in [3.63, 3.8) is 0 Å². The van der Waals surface area contributed by atoms with Crippen molar-refractivity contribution in [1.29, 1.82) is 0 Å². The lowest BCUT2D eigenvalue weighted by Crippen LogP contribution is -2.30. The summed E-state index contributed by atoms with van der Waals surface area (Å²) >= 11 is 6.10. The van der Waals surface area contributed by atoms with Crippen LogP contribution in [0.3, 0.4) is 0 Å². The molecule has 1 aliphatic rings. The van der Waals surface area contributed by atoms with Gasteiger partial charge in [-0.05, 0) is 42.8 Å². The minimum atomic E-state index is -3.66. The molecule has 5 rings (SSSR count). The lowest BCUT2D eigenvalue weighted by Gasteiger charge is -2.22. The maximum atomic E-state index is 13.6. The summed E-state index contributed by atoms with van der Waals surface area (Å²) < 4.78 is 37.1. The first-order valence-electron chi connectivity index (χ1n) is 10.1. The molecular weight excluding hydrogens is 482 g/mol. The molecule has 1 amide bonds. The summed E-state index contributed by atoms with van der Waals surface area (Å²) in [7, 11) is -0.791. The third-order valence-corrected chi connectivity index (χ3v) is 7.73. The van der Waals surface area contributed by atoms with Crippen LogP contribution in [-0.2, 0) is 10.0 Å². The average Bonchev–Trinajstić information content (AvgIpc) is 3.35. The summed E-state index contributed by atoms with van der Waals surface area (Å²) in [5.74, 6) is -0.00533. The third kappa shape index (κ3) is 3.33. The highest BCUT2D eigenvalue weighted by atomic mass is 35.5. The van der Waals surface area contributed by atoms with Crippen LogP contribution < -0.4 is 10.3 Å². The first kappa shape index (κ1) is 22.3. The topological polar surface area (TPSA) is 114 Å². The number of amides is 1. The molecule has 4 aromatic rings. The van der Waals surface area contributed by atoms with E-state index in [4.69, 9.17) is 20.5 Å². The van der Waals surface area contributed by atoms with Crippen molar-refractivity contribution in [1.82, 2.24) is 9.46 Å². The molecule has 2 aromatic heterocycles. The van der Waals surface area contributed by atoms with E-state index >= 15 is 0 Å². The van der Waals surface area contributed by atoms with Crippen molar-refractivity contribution >= 4 is 44.3 Å². The Morgan fingerprint density at radius 2 is 1.76 bits per heavy atom. The number of carbonyl (C=O) groups excluding carboxylic acids is 1. The molecule has 1 aliphatic heterocycles. The fourth-order valence-corrected chi connectivity index (χ4v) is 5.07. The number of sulfonamides is 1. The number of fused-ring (bicyclic) bond motifs is 2. The largest absolute Gasteiger partial charge is 0.450 e. The van der Waals surface area contributed by atoms with Crippen molar-refractivity contribution in [2.24, 2.45) is 0 Å². The minimum Gasteiger partial charge on any atom is -0.450 e. The number of hydrogen-bond donors (Lipinski definition) is 0. The Morgan fingerprint density at radius 3 is 2.38 bits per heavy atom. The van der Waals surface area contributed by atoms with Gasteiger partial charge in [0.05, 0.1) is 21.9 Å². The maximum absolute atomic E-state index is 13.6. The maximum Gasteiger partial charge on any atom is 0.296 e. The first-order chi connectivity index (χ1) is 16.1. The van der Waals surface area contributed by atoms with Gasteiger partial charge in [-0.15, -0.1) is 0 Å². The number of anilines is 1. The molecule has 0 saturated carbocycles. The van der Waals surface area contributed by atoms with Crippen LogP contribution in [0, 0.1) is 6.92 Å². The molecule has 2 aromatic carbocycles. The molecule has 1 atom stereocenters. The van der Waals surface area contributed by atoms with Crippen LogP contribution in [0.15, 0.2) is 67.2 Å². The van der Waals surface area contributed by atoms with Crippen LogP contribution in [0.1, 0.15) is 33.5 Å². The first-order valence-corrected chi connectivity index (χ1v) is 12.0. The van der Waals surface area contributed by atoms with Crippen LogP contribution in [0.5, 0.6) is 0 Å². The molecule has 0 saturated heterocycles. The van der Waals surface area contributed by atoms with Gasteiger partial charge in [0.25, 0.3) is 5.91 Å². The van der Waals surface area contributed by atoms with Crippen LogP contribution in [0.25, 0.3) is 11.0 Å². The number of nitrogens with zero attached hydrogens (tertiary/aromatic N) is 3. The van der Waals surface area contributed by atoms with Crippen LogP contribution >= 0.6 is 11.6 Å². The zero-order valence-corrected chi connectivity index (χ0v) is 19.8. The molecule has 0 radical (unpaired) electrons. The van der Waals surface area contributed by atoms with E-state index in [1.54, 1.807) is 31.2 Å². The summed E-state index contributed by atoms with van der Waals surface area (Å²) in [4.78, 5) is 28.4. The van der Waals surface area contributed by atoms with Crippen molar-refractivity contribution < 1.29 is 22.2 Å². The summed E-state index contributed by atoms with van der Waals surface area (Å²) in [5.41, 5.74) is 0.429. The van der Waals surface area contributed by atoms with E-state index in [0.29, 0.717) is 16.3 Å². The van der Waals surface area contributed by atoms with Crippen molar-refractivity contribution in [2.45, 2.75) is 17.9 Å². The summed E-state index contributed by atoms with van der Waals surface area (Å²) in [6.07, 6.45) is 0. The second-order valence-corrected chi connectivity index (χ2v) is 10.6. The fourth-order valence-electron chi connectivity index (χ4n) is 4.00. The number of benzene rings is 2. The van der Waals surface area contributed by atoms with E-state index in [1.807, 2.05) is 0 Å². The molecule has 0 bridgehead atoms. The molecule has 0 spiro atoms. The number of carbonyl (C=O) groups is 1. The zero-order chi connectivity index (χ0) is 24.4. The second-order valence-electron chi connectivity index (χ2n) is 8.04. The molecule has 11 heteroatoms. The van der Waals surface area contributed by atoms with E-state index in [0.717, 1.165) is 4.31 Å². The van der Waals surface area contributed by atoms with Crippen LogP contribution in [0.4, 0.5) is 5.82 Å². The van der Waals surface area contributed by atoms with Crippen LogP contribution in [-0.4, -0.2) is 37.9 Å². The highest BCUT2D eigenvalue weighted by molar-refractivity contribution is 7.89. The third-order valence-electron chi connectivity index (χ3n) is 5.67. The Kier molecular flexibility index (Phi) is 5.12. The van der Waals surface area contributed by atoms with Gasteiger partial charge in [0, 0.05) is 25.2 Å². The number of aryl methyl sites for hydroxylation is 1. The summed E-state index contributed by atoms with van der Waals surface area (Å²) in [5, 5.41) is 4.54. The number of rotatable bonds is 4. The van der Waals surface area contributed by atoms with E-state index in [2.05, 4.69) is 5.16 Å². The smallest absolute Gasteiger partial charge is 0.296 e. The number of halogens is 1. The van der Waals surface area contributed by atoms with Gasteiger partial charge in [-0.3, -0.25) is 14.5 Å². The molecule has 174 valence electrons. The predicted octanol–water partition coefficient (Wildman–Crippen LogP) is 3.74. The van der Waals surface area contributed by atoms with Gasteiger partial charge in [0.1, 0.15) is 11.3 Å². The quantitative estimate of drug-likeness (QED) is 0.420. The van der Waals surface area contributed by atoms with E-state index < -0.39 is 27.4 Å². The molecule has 34 heavy (non-hydrogen) atoms. The highest BCUT2D eigenvalue weighted by Gasteiger charge is 2.45. The normalized spacial score (nSPS) is 16.0. The van der Waals surface area contributed by atoms with Gasteiger partial charge < -0.3 is 8.94 Å². The van der Waals surface area contributed by atoms with Crippen LogP contribution in [0.2, 0.25) is 5.02 Å². The lowest BCUT2D eigenvalue weighted by atomic mass is 9.98. The summed E-state index contributed by atoms with van der Waals surface area (Å²) in [6.45, 7) is 1.68. The monoisotopic (exact) mass is 499 g/mol. The average molecular weight is 500 g/mol. The SMILES string of the molecule is Cc1cc(N2C(=O)c3oc4ccc(Cl)cc4c(=O)c3C2c2ccc(S(=O)(=O)N(C)C)cc2)no1. The van der Waals surface area contributed by atoms with Gasteiger partial charge in [0.2, 0.25) is 15.8 Å². The Bertz CT molecular complexity index is 1620. The van der Waals surface area contributed by atoms with Gasteiger partial charge in [-0.2, -0.15) is 0 Å². The van der Waals surface area contributed by atoms with Crippen molar-refractivity contribution in [2.75, 3.05) is 19.0 Å². The van der Waals surface area contributed by atoms with Gasteiger partial charge >= 0.3 is 0 Å². The Morgan fingerprint density at radius 1 is 1.06 bits per heavy atom. The number of hydrogen-bond acceptors (Lipinski definition) is 7. The summed E-state index contributed by atoms with van der Waals surface area (Å²) in [6, 6.07) is 11.2. The molecule has 0 fully saturated rings. The molecule has 3 heterocycles. The minimum absolute atomic E-state index is 0.0759. The molecule has 9 nitrogen and oxygen atoms in total. The standard InChI is InChI=1S/C23H18ClN3O6S/c1-12-10-18(25-33-12)27-20(13-4-7-15(8-5-13)34(30,31)26(2)3)19-21(28)16-11-14(24)6-9-17(16)32-22(19)23(27)29/h4-11,20H,1-3H3. The molecule has 0 N–H and O–H groups in total. The highest BCUT2D eigenvalue weighted by Crippen LogP contribution is 2.41. The van der Waals surface area contributed by atoms with E-state index in [9.17, 15) is 18.0 Å². The van der Waals surface area contributed by atoms with Gasteiger partial charge in [0.15, 0.2) is 11.2 Å². The van der Waals surface area contributed by atoms with E-state index in [-0.39, 0.29) is 33.0 Å². The fraction of sp³-hybridized carbons (Fsp3) is 0.174. The zero-order valence-electron chi connectivity index (χ0n) is 18.3. The second kappa shape index (κ2) is 7.79. The van der Waals surface area contributed by atoms with Crippen molar-refractivity contribution in [3.8, 4) is 0 Å². The number of aromatic nitrogens is 1. The Balaban J connectivity index is 1.75. The molecular formula is C23H18ClN3O6S. The molecule has 1 unspecified atom stereocenters. The van der Waals surface area contributed by atoms with Gasteiger partial charge in [-0.25, -0.2) is 12.7 Å². The Hall–Kier alpha value is -3.47.